The van der Waals surface area contributed by atoms with E-state index in [-0.39, 0.29) is 6.42 Å². The molecule has 17 heavy (non-hydrogen) atoms. The predicted octanol–water partition coefficient (Wildman–Crippen LogP) is -0.265. The number of aliphatic carboxylic acids is 1. The van der Waals surface area contributed by atoms with Crippen molar-refractivity contribution in [1.29, 1.82) is 0 Å². The maximum Gasteiger partial charge on any atom is 0.326 e. The second-order valence-corrected chi connectivity index (χ2v) is 4.42. The van der Waals surface area contributed by atoms with E-state index >= 15 is 0 Å². The van der Waals surface area contributed by atoms with E-state index in [9.17, 15) is 14.4 Å². The topological polar surface area (TPSA) is 109 Å². The van der Waals surface area contributed by atoms with E-state index < -0.39 is 30.2 Å². The van der Waals surface area contributed by atoms with Gasteiger partial charge in [0.25, 0.3) is 0 Å². The van der Waals surface area contributed by atoms with E-state index in [1.165, 1.54) is 11.3 Å². The highest BCUT2D eigenvalue weighted by atomic mass is 32.1. The number of nitrogens with two attached hydrogens (primary N) is 1. The van der Waals surface area contributed by atoms with Crippen molar-refractivity contribution in [3.05, 3.63) is 22.4 Å². The van der Waals surface area contributed by atoms with Gasteiger partial charge in [0.05, 0.1) is 12.8 Å². The number of primary amides is 1. The number of nitrogens with one attached hydrogen (secondary N) is 1. The van der Waals surface area contributed by atoms with Crippen LogP contribution in [0.25, 0.3) is 0 Å². The molecule has 0 aliphatic rings. The van der Waals surface area contributed by atoms with Gasteiger partial charge in [-0.1, -0.05) is 6.07 Å². The van der Waals surface area contributed by atoms with Crippen molar-refractivity contribution in [3.8, 4) is 0 Å². The fourth-order valence-corrected chi connectivity index (χ4v) is 1.92. The van der Waals surface area contributed by atoms with Crippen molar-refractivity contribution in [2.24, 2.45) is 5.73 Å². The van der Waals surface area contributed by atoms with Crippen LogP contribution in [0.1, 0.15) is 11.3 Å². The highest BCUT2D eigenvalue weighted by Crippen LogP contribution is 2.09. The maximum absolute atomic E-state index is 11.5. The third-order valence-corrected chi connectivity index (χ3v) is 2.83. The monoisotopic (exact) mass is 256 g/mol. The van der Waals surface area contributed by atoms with Crippen molar-refractivity contribution in [2.75, 3.05) is 0 Å². The summed E-state index contributed by atoms with van der Waals surface area (Å²) >= 11 is 1.40. The van der Waals surface area contributed by atoms with Gasteiger partial charge in [0.15, 0.2) is 0 Å². The molecule has 0 bridgehead atoms. The Morgan fingerprint density at radius 3 is 2.65 bits per heavy atom. The molecule has 1 aromatic heterocycles. The highest BCUT2D eigenvalue weighted by Gasteiger charge is 2.22. The second kappa shape index (κ2) is 6.00. The Hall–Kier alpha value is -1.89. The van der Waals surface area contributed by atoms with Crippen LogP contribution in [-0.4, -0.2) is 28.9 Å². The van der Waals surface area contributed by atoms with E-state index in [1.807, 2.05) is 5.38 Å². The molecular formula is C10H12N2O4S. The quantitative estimate of drug-likeness (QED) is 0.651. The molecule has 0 aliphatic heterocycles. The van der Waals surface area contributed by atoms with Gasteiger partial charge >= 0.3 is 5.97 Å². The van der Waals surface area contributed by atoms with Gasteiger partial charge in [-0.05, 0) is 11.4 Å². The molecule has 1 rings (SSSR count). The molecule has 1 heterocycles. The van der Waals surface area contributed by atoms with E-state index in [4.69, 9.17) is 10.8 Å². The minimum Gasteiger partial charge on any atom is -0.480 e. The normalized spacial score (nSPS) is 11.8. The predicted molar refractivity (Wildman–Crippen MR) is 61.4 cm³/mol. The van der Waals surface area contributed by atoms with Crippen LogP contribution in [0.4, 0.5) is 0 Å². The maximum atomic E-state index is 11.5. The van der Waals surface area contributed by atoms with Crippen LogP contribution in [0.3, 0.4) is 0 Å². The third-order valence-electron chi connectivity index (χ3n) is 1.95. The molecule has 1 atom stereocenters. The van der Waals surface area contributed by atoms with E-state index in [0.29, 0.717) is 0 Å². The number of carbonyl (C=O) groups excluding carboxylic acids is 2. The number of carboxylic acid groups (broad SMARTS) is 1. The zero-order chi connectivity index (χ0) is 12.8. The molecule has 0 radical (unpaired) electrons. The molecule has 7 heteroatoms. The van der Waals surface area contributed by atoms with Gasteiger partial charge in [0, 0.05) is 4.88 Å². The smallest absolute Gasteiger partial charge is 0.326 e. The average molecular weight is 256 g/mol. The fourth-order valence-electron chi connectivity index (χ4n) is 1.22. The Labute approximate surface area is 101 Å². The zero-order valence-electron chi connectivity index (χ0n) is 8.88. The molecule has 0 unspecified atom stereocenters. The lowest BCUT2D eigenvalue weighted by Crippen LogP contribution is -2.43. The van der Waals surface area contributed by atoms with Crippen LogP contribution in [0.5, 0.6) is 0 Å². The van der Waals surface area contributed by atoms with Crippen molar-refractivity contribution >= 4 is 29.1 Å². The number of thiophene rings is 1. The van der Waals surface area contributed by atoms with Crippen LogP contribution in [0, 0.1) is 0 Å². The van der Waals surface area contributed by atoms with Gasteiger partial charge in [0.2, 0.25) is 11.8 Å². The van der Waals surface area contributed by atoms with Crippen molar-refractivity contribution in [2.45, 2.75) is 18.9 Å². The van der Waals surface area contributed by atoms with Gasteiger partial charge in [-0.25, -0.2) is 4.79 Å². The number of amides is 2. The number of carbonyl (C=O) groups is 3. The summed E-state index contributed by atoms with van der Waals surface area (Å²) in [5.41, 5.74) is 4.89. The van der Waals surface area contributed by atoms with Crippen LogP contribution in [0.2, 0.25) is 0 Å². The molecular weight excluding hydrogens is 244 g/mol. The Morgan fingerprint density at radius 1 is 1.47 bits per heavy atom. The Balaban J connectivity index is 2.52. The molecule has 0 saturated heterocycles. The first-order valence-electron chi connectivity index (χ1n) is 4.82. The molecule has 0 aliphatic carbocycles. The molecule has 1 aromatic rings. The van der Waals surface area contributed by atoms with Gasteiger partial charge in [-0.15, -0.1) is 11.3 Å². The lowest BCUT2D eigenvalue weighted by Gasteiger charge is -2.12. The number of hydrogen-bond donors (Lipinski definition) is 3. The zero-order valence-corrected chi connectivity index (χ0v) is 9.70. The summed E-state index contributed by atoms with van der Waals surface area (Å²) in [6.45, 7) is 0. The first-order chi connectivity index (χ1) is 7.99. The summed E-state index contributed by atoms with van der Waals surface area (Å²) in [6, 6.07) is 2.30. The SMILES string of the molecule is NC(=O)C[C@H](NC(=O)Cc1cccs1)C(=O)O. The van der Waals surface area contributed by atoms with Crippen molar-refractivity contribution in [1.82, 2.24) is 5.32 Å². The lowest BCUT2D eigenvalue weighted by atomic mass is 10.2. The number of rotatable bonds is 6. The van der Waals surface area contributed by atoms with Crippen molar-refractivity contribution in [3.63, 3.8) is 0 Å². The highest BCUT2D eigenvalue weighted by molar-refractivity contribution is 7.10. The summed E-state index contributed by atoms with van der Waals surface area (Å²) in [4.78, 5) is 33.7. The minimum absolute atomic E-state index is 0.0974. The molecule has 0 fully saturated rings. The van der Waals surface area contributed by atoms with Crippen LogP contribution < -0.4 is 11.1 Å². The molecule has 4 N–H and O–H groups in total. The minimum atomic E-state index is -1.27. The van der Waals surface area contributed by atoms with Crippen LogP contribution in [0.15, 0.2) is 17.5 Å². The molecule has 0 spiro atoms. The molecule has 92 valence electrons. The van der Waals surface area contributed by atoms with Gasteiger partial charge in [0.1, 0.15) is 6.04 Å². The lowest BCUT2D eigenvalue weighted by molar-refractivity contribution is -0.143. The average Bonchev–Trinajstić information content (AvgIpc) is 2.68. The van der Waals surface area contributed by atoms with E-state index in [2.05, 4.69) is 5.32 Å². The summed E-state index contributed by atoms with van der Waals surface area (Å²) < 4.78 is 0. The summed E-state index contributed by atoms with van der Waals surface area (Å²) in [5.74, 6) is -2.49. The number of hydrogen-bond acceptors (Lipinski definition) is 4. The Bertz CT molecular complexity index is 416. The Kier molecular flexibility index (Phi) is 4.65. The first kappa shape index (κ1) is 13.2. The molecule has 6 nitrogen and oxygen atoms in total. The van der Waals surface area contributed by atoms with E-state index in [1.54, 1.807) is 12.1 Å². The van der Waals surface area contributed by atoms with Crippen molar-refractivity contribution < 1.29 is 19.5 Å². The molecule has 0 aromatic carbocycles. The standard InChI is InChI=1S/C10H12N2O4S/c11-8(13)5-7(10(15)16)12-9(14)4-6-2-1-3-17-6/h1-3,7H,4-5H2,(H2,11,13)(H,12,14)(H,15,16)/t7-/m0/s1. The fraction of sp³-hybridized carbons (Fsp3) is 0.300. The third kappa shape index (κ3) is 4.64. The van der Waals surface area contributed by atoms with E-state index in [0.717, 1.165) is 4.88 Å². The summed E-state index contributed by atoms with van der Waals surface area (Å²) in [5, 5.41) is 12.9. The van der Waals surface area contributed by atoms with Crippen LogP contribution >= 0.6 is 11.3 Å². The molecule has 0 saturated carbocycles. The second-order valence-electron chi connectivity index (χ2n) is 3.38. The van der Waals surface area contributed by atoms with Gasteiger partial charge in [-0.3, -0.25) is 9.59 Å². The van der Waals surface area contributed by atoms with Gasteiger partial charge in [-0.2, -0.15) is 0 Å². The Morgan fingerprint density at radius 2 is 2.18 bits per heavy atom. The summed E-state index contributed by atoms with van der Waals surface area (Å²) in [7, 11) is 0. The number of carboxylic acids is 1. The van der Waals surface area contributed by atoms with Crippen LogP contribution in [-0.2, 0) is 20.8 Å². The summed E-state index contributed by atoms with van der Waals surface area (Å²) in [6.07, 6.45) is -0.314. The van der Waals surface area contributed by atoms with Gasteiger partial charge < -0.3 is 16.2 Å². The largest absolute Gasteiger partial charge is 0.480 e. The first-order valence-corrected chi connectivity index (χ1v) is 5.70. The molecule has 2 amide bonds.